The van der Waals surface area contributed by atoms with Crippen LogP contribution >= 0.6 is 0 Å². The molecule has 2 unspecified atom stereocenters. The molecule has 0 amide bonds. The van der Waals surface area contributed by atoms with Gasteiger partial charge < -0.3 is 0 Å². The molecule has 0 bridgehead atoms. The number of hydrogen-bond donors (Lipinski definition) is 0. The molecule has 16 heavy (non-hydrogen) atoms. The quantitative estimate of drug-likeness (QED) is 0.685. The third kappa shape index (κ3) is 1.44. The predicted molar refractivity (Wildman–Crippen MR) is 64.1 cm³/mol. The fourth-order valence-corrected chi connectivity index (χ4v) is 2.48. The van der Waals surface area contributed by atoms with Gasteiger partial charge in [-0.2, -0.15) is 0 Å². The molecule has 0 saturated heterocycles. The number of carbonyl (C=O) groups excluding carboxylic acids is 1. The van der Waals surface area contributed by atoms with E-state index in [0.717, 1.165) is 17.1 Å². The second kappa shape index (κ2) is 3.44. The minimum absolute atomic E-state index is 0.148. The van der Waals surface area contributed by atoms with Gasteiger partial charge >= 0.3 is 0 Å². The highest BCUT2D eigenvalue weighted by atomic mass is 16.1. The molecule has 1 heteroatoms. The maximum Gasteiger partial charge on any atom is 0.192 e. The lowest BCUT2D eigenvalue weighted by Gasteiger charge is -2.05. The van der Waals surface area contributed by atoms with Crippen molar-refractivity contribution >= 4 is 5.78 Å². The predicted octanol–water partition coefficient (Wildman–Crippen LogP) is 3.25. The van der Waals surface area contributed by atoms with Gasteiger partial charge in [-0.05, 0) is 17.8 Å². The van der Waals surface area contributed by atoms with E-state index < -0.39 is 0 Å². The van der Waals surface area contributed by atoms with Crippen LogP contribution < -0.4 is 0 Å². The SMILES string of the molecule is C[C@H]1C2C=CC(C(=O)c3ccccc3)=CC21. The minimum atomic E-state index is 0.148. The largest absolute Gasteiger partial charge is 0.289 e. The molecule has 1 saturated carbocycles. The number of ketones is 1. The average molecular weight is 210 g/mol. The summed E-state index contributed by atoms with van der Waals surface area (Å²) < 4.78 is 0. The van der Waals surface area contributed by atoms with Gasteiger partial charge in [0.05, 0.1) is 0 Å². The van der Waals surface area contributed by atoms with Crippen molar-refractivity contribution in [2.24, 2.45) is 17.8 Å². The lowest BCUT2D eigenvalue weighted by Crippen LogP contribution is -2.03. The highest BCUT2D eigenvalue weighted by molar-refractivity contribution is 6.10. The van der Waals surface area contributed by atoms with Gasteiger partial charge in [0.25, 0.3) is 0 Å². The number of fused-ring (bicyclic) bond motifs is 1. The van der Waals surface area contributed by atoms with E-state index in [9.17, 15) is 4.79 Å². The van der Waals surface area contributed by atoms with Crippen LogP contribution in [0.2, 0.25) is 0 Å². The molecule has 1 aromatic rings. The Hall–Kier alpha value is -1.63. The monoisotopic (exact) mass is 210 g/mol. The standard InChI is InChI=1S/C15H14O/c1-10-13-8-7-12(9-14(10)13)15(16)11-5-3-2-4-6-11/h2-10,13-14H,1H3/t10-,13?,14?/m0/s1. The van der Waals surface area contributed by atoms with E-state index in [4.69, 9.17) is 0 Å². The number of carbonyl (C=O) groups is 1. The zero-order valence-corrected chi connectivity index (χ0v) is 9.26. The van der Waals surface area contributed by atoms with Crippen LogP contribution in [0, 0.1) is 17.8 Å². The first-order chi connectivity index (χ1) is 7.77. The number of hydrogen-bond acceptors (Lipinski definition) is 1. The second-order valence-electron chi connectivity index (χ2n) is 4.69. The molecule has 3 rings (SSSR count). The molecule has 0 spiro atoms. The first-order valence-electron chi connectivity index (χ1n) is 5.77. The summed E-state index contributed by atoms with van der Waals surface area (Å²) in [4.78, 5) is 12.2. The molecular formula is C15H14O. The summed E-state index contributed by atoms with van der Waals surface area (Å²) >= 11 is 0. The van der Waals surface area contributed by atoms with Gasteiger partial charge in [-0.3, -0.25) is 4.79 Å². The molecular weight excluding hydrogens is 196 g/mol. The van der Waals surface area contributed by atoms with E-state index in [1.165, 1.54) is 0 Å². The summed E-state index contributed by atoms with van der Waals surface area (Å²) in [6.45, 7) is 2.24. The van der Waals surface area contributed by atoms with Crippen LogP contribution in [0.15, 0.2) is 54.1 Å². The van der Waals surface area contributed by atoms with Crippen molar-refractivity contribution in [2.75, 3.05) is 0 Å². The number of benzene rings is 1. The van der Waals surface area contributed by atoms with Crippen molar-refractivity contribution in [3.8, 4) is 0 Å². The third-order valence-corrected chi connectivity index (χ3v) is 3.69. The van der Waals surface area contributed by atoms with Gasteiger partial charge in [-0.15, -0.1) is 0 Å². The fourth-order valence-electron chi connectivity index (χ4n) is 2.48. The van der Waals surface area contributed by atoms with Crippen LogP contribution in [-0.2, 0) is 0 Å². The van der Waals surface area contributed by atoms with E-state index in [-0.39, 0.29) is 5.78 Å². The Kier molecular flexibility index (Phi) is 2.06. The topological polar surface area (TPSA) is 17.1 Å². The number of rotatable bonds is 2. The maximum atomic E-state index is 12.2. The van der Waals surface area contributed by atoms with Gasteiger partial charge in [-0.25, -0.2) is 0 Å². The fraction of sp³-hybridized carbons (Fsp3) is 0.267. The van der Waals surface area contributed by atoms with Crippen molar-refractivity contribution in [3.63, 3.8) is 0 Å². The molecule has 2 aliphatic carbocycles. The molecule has 80 valence electrons. The van der Waals surface area contributed by atoms with Gasteiger partial charge in [0.2, 0.25) is 0 Å². The summed E-state index contributed by atoms with van der Waals surface area (Å²) in [5, 5.41) is 0. The average Bonchev–Trinajstić information content (AvgIpc) is 3.00. The van der Waals surface area contributed by atoms with Crippen molar-refractivity contribution in [1.29, 1.82) is 0 Å². The molecule has 1 fully saturated rings. The molecule has 0 N–H and O–H groups in total. The van der Waals surface area contributed by atoms with E-state index in [0.29, 0.717) is 11.8 Å². The zero-order valence-electron chi connectivity index (χ0n) is 9.26. The van der Waals surface area contributed by atoms with E-state index in [2.05, 4.69) is 19.1 Å². The second-order valence-corrected chi connectivity index (χ2v) is 4.69. The van der Waals surface area contributed by atoms with Crippen LogP contribution in [0.25, 0.3) is 0 Å². The van der Waals surface area contributed by atoms with Crippen LogP contribution in [-0.4, -0.2) is 5.78 Å². The van der Waals surface area contributed by atoms with Crippen LogP contribution in [0.3, 0.4) is 0 Å². The Bertz CT molecular complexity index is 481. The molecule has 0 heterocycles. The molecule has 0 aliphatic heterocycles. The summed E-state index contributed by atoms with van der Waals surface area (Å²) in [6.07, 6.45) is 6.32. The Morgan fingerprint density at radius 2 is 1.88 bits per heavy atom. The highest BCUT2D eigenvalue weighted by Crippen LogP contribution is 2.50. The van der Waals surface area contributed by atoms with Crippen LogP contribution in [0.5, 0.6) is 0 Å². The lowest BCUT2D eigenvalue weighted by atomic mass is 9.98. The van der Waals surface area contributed by atoms with Gasteiger partial charge in [-0.1, -0.05) is 55.5 Å². The minimum Gasteiger partial charge on any atom is -0.289 e. The Balaban J connectivity index is 1.87. The first kappa shape index (κ1) is 9.59. The molecule has 0 aromatic heterocycles. The van der Waals surface area contributed by atoms with E-state index in [1.807, 2.05) is 36.4 Å². The smallest absolute Gasteiger partial charge is 0.192 e. The Morgan fingerprint density at radius 3 is 2.56 bits per heavy atom. The summed E-state index contributed by atoms with van der Waals surface area (Å²) in [7, 11) is 0. The third-order valence-electron chi connectivity index (χ3n) is 3.69. The molecule has 1 nitrogen and oxygen atoms in total. The maximum absolute atomic E-state index is 12.2. The van der Waals surface area contributed by atoms with Gasteiger partial charge in [0.15, 0.2) is 5.78 Å². The lowest BCUT2D eigenvalue weighted by molar-refractivity contribution is 0.103. The van der Waals surface area contributed by atoms with Gasteiger partial charge in [0.1, 0.15) is 0 Å². The zero-order chi connectivity index (χ0) is 11.1. The summed E-state index contributed by atoms with van der Waals surface area (Å²) in [5.74, 6) is 2.16. The Labute approximate surface area is 95.5 Å². The van der Waals surface area contributed by atoms with Crippen molar-refractivity contribution in [2.45, 2.75) is 6.92 Å². The molecule has 2 aliphatic rings. The number of allylic oxidation sites excluding steroid dienone is 4. The summed E-state index contributed by atoms with van der Waals surface area (Å²) in [5.41, 5.74) is 1.64. The van der Waals surface area contributed by atoms with E-state index in [1.54, 1.807) is 0 Å². The van der Waals surface area contributed by atoms with Crippen molar-refractivity contribution in [3.05, 3.63) is 59.7 Å². The Morgan fingerprint density at radius 1 is 1.12 bits per heavy atom. The van der Waals surface area contributed by atoms with Crippen LogP contribution in [0.1, 0.15) is 17.3 Å². The number of Topliss-reactive ketones (excluding diaryl/α,β-unsaturated/α-hetero) is 1. The highest BCUT2D eigenvalue weighted by Gasteiger charge is 2.44. The van der Waals surface area contributed by atoms with Crippen molar-refractivity contribution < 1.29 is 4.79 Å². The molecule has 0 radical (unpaired) electrons. The van der Waals surface area contributed by atoms with E-state index >= 15 is 0 Å². The normalized spacial score (nSPS) is 30.6. The van der Waals surface area contributed by atoms with Gasteiger partial charge in [0, 0.05) is 11.1 Å². The summed E-state index contributed by atoms with van der Waals surface area (Å²) in [6, 6.07) is 9.49. The molecule has 1 aromatic carbocycles. The molecule has 3 atom stereocenters. The van der Waals surface area contributed by atoms with Crippen molar-refractivity contribution in [1.82, 2.24) is 0 Å². The first-order valence-corrected chi connectivity index (χ1v) is 5.77. The van der Waals surface area contributed by atoms with Crippen LogP contribution in [0.4, 0.5) is 0 Å².